The number of alkyl halides is 3. The molecule has 2 heterocycles. The summed E-state index contributed by atoms with van der Waals surface area (Å²) in [6.07, 6.45) is -3.55. The number of alkyl carbamates (subject to hydrolysis) is 1. The molecule has 3 aromatic rings. The summed E-state index contributed by atoms with van der Waals surface area (Å²) < 4.78 is 45.5. The van der Waals surface area contributed by atoms with Gasteiger partial charge in [-0.1, -0.05) is 42.5 Å². The van der Waals surface area contributed by atoms with Crippen LogP contribution in [0.4, 0.5) is 23.8 Å². The molecule has 10 heteroatoms. The predicted octanol–water partition coefficient (Wildman–Crippen LogP) is 4.23. The summed E-state index contributed by atoms with van der Waals surface area (Å²) in [5, 5.41) is 7.04. The predicted molar refractivity (Wildman–Crippen MR) is 114 cm³/mol. The molecule has 0 bridgehead atoms. The van der Waals surface area contributed by atoms with Gasteiger partial charge < -0.3 is 10.1 Å². The van der Waals surface area contributed by atoms with E-state index in [0.717, 1.165) is 17.7 Å². The Bertz CT molecular complexity index is 1140. The molecule has 1 aliphatic heterocycles. The number of hydrogen-bond acceptors (Lipinski definition) is 4. The fourth-order valence-electron chi connectivity index (χ4n) is 3.71. The molecular weight excluding hydrogens is 437 g/mol. The van der Waals surface area contributed by atoms with Crippen LogP contribution >= 0.6 is 0 Å². The number of benzene rings is 2. The minimum Gasteiger partial charge on any atom is -0.445 e. The SMILES string of the molecule is CC(=O)N1CC(NC(=O)OCc2ccccc2)Cn2ncc(-c3ccc(C(F)(F)F)cc3)c21. The van der Waals surface area contributed by atoms with Crippen LogP contribution in [0, 0.1) is 0 Å². The number of amides is 2. The first-order valence-electron chi connectivity index (χ1n) is 10.2. The van der Waals surface area contributed by atoms with Crippen LogP contribution < -0.4 is 10.2 Å². The van der Waals surface area contributed by atoms with Crippen molar-refractivity contribution in [2.24, 2.45) is 0 Å². The number of rotatable bonds is 4. The highest BCUT2D eigenvalue weighted by atomic mass is 19.4. The van der Waals surface area contributed by atoms with Crippen molar-refractivity contribution in [2.45, 2.75) is 32.3 Å². The quantitative estimate of drug-likeness (QED) is 0.635. The summed E-state index contributed by atoms with van der Waals surface area (Å²) in [4.78, 5) is 26.1. The second-order valence-electron chi connectivity index (χ2n) is 7.67. The Morgan fingerprint density at radius 2 is 1.79 bits per heavy atom. The van der Waals surface area contributed by atoms with Crippen molar-refractivity contribution in [3.63, 3.8) is 0 Å². The lowest BCUT2D eigenvalue weighted by Gasteiger charge is -2.33. The normalized spacial score (nSPS) is 15.6. The average Bonchev–Trinajstić information content (AvgIpc) is 3.21. The highest BCUT2D eigenvalue weighted by Crippen LogP contribution is 2.36. The molecule has 172 valence electrons. The van der Waals surface area contributed by atoms with E-state index in [0.29, 0.717) is 16.9 Å². The van der Waals surface area contributed by atoms with Crippen molar-refractivity contribution in [2.75, 3.05) is 11.4 Å². The molecule has 33 heavy (non-hydrogen) atoms. The first kappa shape index (κ1) is 22.4. The molecule has 2 aromatic carbocycles. The molecule has 4 rings (SSSR count). The molecule has 0 radical (unpaired) electrons. The third-order valence-electron chi connectivity index (χ3n) is 5.30. The smallest absolute Gasteiger partial charge is 0.416 e. The molecule has 1 unspecified atom stereocenters. The summed E-state index contributed by atoms with van der Waals surface area (Å²) in [6.45, 7) is 1.94. The van der Waals surface area contributed by atoms with Gasteiger partial charge in [-0.3, -0.25) is 9.69 Å². The first-order chi connectivity index (χ1) is 15.7. The van der Waals surface area contributed by atoms with Gasteiger partial charge in [0.25, 0.3) is 0 Å². The van der Waals surface area contributed by atoms with Crippen molar-refractivity contribution in [3.05, 3.63) is 71.9 Å². The van der Waals surface area contributed by atoms with Gasteiger partial charge in [0.05, 0.1) is 24.3 Å². The lowest BCUT2D eigenvalue weighted by Crippen LogP contribution is -2.52. The molecular formula is C23H21F3N4O3. The summed E-state index contributed by atoms with van der Waals surface area (Å²) in [7, 11) is 0. The first-order valence-corrected chi connectivity index (χ1v) is 10.2. The van der Waals surface area contributed by atoms with Gasteiger partial charge in [0.15, 0.2) is 0 Å². The van der Waals surface area contributed by atoms with Crippen LogP contribution in [-0.2, 0) is 28.9 Å². The van der Waals surface area contributed by atoms with Gasteiger partial charge >= 0.3 is 12.3 Å². The molecule has 1 aromatic heterocycles. The Morgan fingerprint density at radius 3 is 2.42 bits per heavy atom. The average molecular weight is 458 g/mol. The summed E-state index contributed by atoms with van der Waals surface area (Å²) >= 11 is 0. The van der Waals surface area contributed by atoms with Crippen LogP contribution in [0.2, 0.25) is 0 Å². The Balaban J connectivity index is 1.50. The largest absolute Gasteiger partial charge is 0.445 e. The number of nitrogens with one attached hydrogen (secondary N) is 1. The van der Waals surface area contributed by atoms with Crippen LogP contribution in [0.15, 0.2) is 60.8 Å². The highest BCUT2D eigenvalue weighted by Gasteiger charge is 2.33. The van der Waals surface area contributed by atoms with Crippen molar-refractivity contribution in [1.29, 1.82) is 0 Å². The van der Waals surface area contributed by atoms with E-state index in [2.05, 4.69) is 10.4 Å². The number of halogens is 3. The van der Waals surface area contributed by atoms with E-state index in [1.807, 2.05) is 30.3 Å². The van der Waals surface area contributed by atoms with Gasteiger partial charge in [-0.05, 0) is 23.3 Å². The van der Waals surface area contributed by atoms with E-state index < -0.39 is 23.9 Å². The zero-order chi connectivity index (χ0) is 23.6. The molecule has 0 saturated heterocycles. The van der Waals surface area contributed by atoms with Crippen molar-refractivity contribution in [1.82, 2.24) is 15.1 Å². The third-order valence-corrected chi connectivity index (χ3v) is 5.30. The number of fused-ring (bicyclic) bond motifs is 1. The van der Waals surface area contributed by atoms with E-state index in [4.69, 9.17) is 4.74 Å². The molecule has 7 nitrogen and oxygen atoms in total. The number of aromatic nitrogens is 2. The van der Waals surface area contributed by atoms with Crippen LogP contribution in [0.1, 0.15) is 18.1 Å². The minimum atomic E-state index is -4.43. The third kappa shape index (κ3) is 5.00. The second kappa shape index (κ2) is 8.97. The summed E-state index contributed by atoms with van der Waals surface area (Å²) in [6, 6.07) is 13.5. The van der Waals surface area contributed by atoms with E-state index >= 15 is 0 Å². The Labute approximate surface area is 187 Å². The van der Waals surface area contributed by atoms with Crippen molar-refractivity contribution < 1.29 is 27.5 Å². The van der Waals surface area contributed by atoms with Gasteiger partial charge in [0.1, 0.15) is 12.4 Å². The number of nitrogens with zero attached hydrogens (tertiary/aromatic N) is 3. The highest BCUT2D eigenvalue weighted by molar-refractivity contribution is 5.95. The lowest BCUT2D eigenvalue weighted by atomic mass is 10.0. The van der Waals surface area contributed by atoms with Crippen molar-refractivity contribution in [3.8, 4) is 11.1 Å². The number of carbonyl (C=O) groups excluding carboxylic acids is 2. The van der Waals surface area contributed by atoms with Gasteiger partial charge in [-0.2, -0.15) is 18.3 Å². The molecule has 1 atom stereocenters. The maximum atomic E-state index is 12.9. The molecule has 0 fully saturated rings. The van der Waals surface area contributed by atoms with Gasteiger partial charge in [-0.15, -0.1) is 0 Å². The van der Waals surface area contributed by atoms with Crippen LogP contribution in [0.5, 0.6) is 0 Å². The molecule has 1 aliphatic rings. The van der Waals surface area contributed by atoms with Gasteiger partial charge in [0.2, 0.25) is 5.91 Å². The molecule has 0 saturated carbocycles. The van der Waals surface area contributed by atoms with Crippen molar-refractivity contribution >= 4 is 17.8 Å². The topological polar surface area (TPSA) is 76.5 Å². The molecule has 0 aliphatic carbocycles. The Kier molecular flexibility index (Phi) is 6.08. The summed E-state index contributed by atoms with van der Waals surface area (Å²) in [5.74, 6) is 0.187. The van der Waals surface area contributed by atoms with Gasteiger partial charge in [-0.25, -0.2) is 9.48 Å². The van der Waals surface area contributed by atoms with E-state index in [-0.39, 0.29) is 25.6 Å². The fourth-order valence-corrected chi connectivity index (χ4v) is 3.71. The number of hydrogen-bond donors (Lipinski definition) is 1. The number of ether oxygens (including phenoxy) is 1. The molecule has 0 spiro atoms. The lowest BCUT2D eigenvalue weighted by molar-refractivity contribution is -0.137. The zero-order valence-corrected chi connectivity index (χ0v) is 17.7. The fraction of sp³-hybridized carbons (Fsp3) is 0.261. The standard InChI is InChI=1S/C23H21F3N4O3/c1-15(31)29-12-19(28-22(32)33-14-16-5-3-2-4-6-16)13-30-21(29)20(11-27-30)17-7-9-18(10-8-17)23(24,25)26/h2-11,19H,12-14H2,1H3,(H,28,32). The summed E-state index contributed by atoms with van der Waals surface area (Å²) in [5.41, 5.74) is 1.12. The van der Waals surface area contributed by atoms with E-state index in [9.17, 15) is 22.8 Å². The van der Waals surface area contributed by atoms with E-state index in [1.165, 1.54) is 30.2 Å². The zero-order valence-electron chi connectivity index (χ0n) is 17.7. The maximum absolute atomic E-state index is 12.9. The van der Waals surface area contributed by atoms with Crippen LogP contribution in [-0.4, -0.2) is 34.4 Å². The molecule has 2 amide bonds. The second-order valence-corrected chi connectivity index (χ2v) is 7.67. The number of anilines is 1. The van der Waals surface area contributed by atoms with E-state index in [1.54, 1.807) is 4.68 Å². The van der Waals surface area contributed by atoms with Crippen LogP contribution in [0.25, 0.3) is 11.1 Å². The Hall–Kier alpha value is -3.82. The maximum Gasteiger partial charge on any atom is 0.416 e. The monoisotopic (exact) mass is 458 g/mol. The minimum absolute atomic E-state index is 0.112. The Morgan fingerprint density at radius 1 is 1.09 bits per heavy atom. The number of carbonyl (C=O) groups is 2. The van der Waals surface area contributed by atoms with Gasteiger partial charge in [0, 0.05) is 19.0 Å². The van der Waals surface area contributed by atoms with Crippen LogP contribution in [0.3, 0.4) is 0 Å². The molecule has 1 N–H and O–H groups in total.